The van der Waals surface area contributed by atoms with E-state index in [9.17, 15) is 4.79 Å². The van der Waals surface area contributed by atoms with E-state index in [0.717, 1.165) is 18.6 Å². The Kier molecular flexibility index (Phi) is 2.63. The number of fused-ring (bicyclic) bond motifs is 1. The molecule has 1 aromatic carbocycles. The maximum Gasteiger partial charge on any atom is 0.271 e. The van der Waals surface area contributed by atoms with E-state index in [0.29, 0.717) is 17.4 Å². The Hall–Kier alpha value is -2.10. The zero-order valence-electron chi connectivity index (χ0n) is 9.84. The Balaban J connectivity index is 1.62. The summed E-state index contributed by atoms with van der Waals surface area (Å²) in [6, 6.07) is 6.13. The third-order valence-corrected chi connectivity index (χ3v) is 3.59. The second-order valence-corrected chi connectivity index (χ2v) is 4.73. The first-order valence-corrected chi connectivity index (χ1v) is 6.06. The summed E-state index contributed by atoms with van der Waals surface area (Å²) >= 11 is 0. The molecule has 1 saturated carbocycles. The van der Waals surface area contributed by atoms with Crippen molar-refractivity contribution in [1.82, 2.24) is 5.43 Å². The van der Waals surface area contributed by atoms with Gasteiger partial charge in [0.1, 0.15) is 5.75 Å². The highest BCUT2D eigenvalue weighted by Gasteiger charge is 2.37. The Morgan fingerprint density at radius 1 is 1.33 bits per heavy atom. The summed E-state index contributed by atoms with van der Waals surface area (Å²) in [5, 5.41) is 13.3. The monoisotopic (exact) mass is 242 g/mol. The van der Waals surface area contributed by atoms with Gasteiger partial charge in [-0.25, -0.2) is 5.43 Å². The number of allylic oxidation sites excluding steroid dienone is 2. The number of rotatable bonds is 2. The van der Waals surface area contributed by atoms with Crippen LogP contribution in [0.2, 0.25) is 0 Å². The fourth-order valence-corrected chi connectivity index (χ4v) is 2.46. The van der Waals surface area contributed by atoms with Crippen molar-refractivity contribution in [3.05, 3.63) is 42.0 Å². The van der Waals surface area contributed by atoms with E-state index in [4.69, 9.17) is 5.11 Å². The summed E-state index contributed by atoms with van der Waals surface area (Å²) in [4.78, 5) is 11.8. The molecule has 92 valence electrons. The lowest BCUT2D eigenvalue weighted by molar-refractivity contribution is 0.0954. The molecule has 0 bridgehead atoms. The fraction of sp³-hybridized carbons (Fsp3) is 0.286. The maximum atomic E-state index is 11.8. The first-order chi connectivity index (χ1) is 8.74. The lowest BCUT2D eigenvalue weighted by Gasteiger charge is -2.31. The predicted molar refractivity (Wildman–Crippen MR) is 68.4 cm³/mol. The number of carbonyl (C=O) groups is 1. The molecule has 1 amide bonds. The lowest BCUT2D eigenvalue weighted by Crippen LogP contribution is -2.35. The Morgan fingerprint density at radius 3 is 2.83 bits per heavy atom. The average molecular weight is 242 g/mol. The number of amides is 1. The third-order valence-electron chi connectivity index (χ3n) is 3.59. The molecule has 4 nitrogen and oxygen atoms in total. The molecule has 0 radical (unpaired) electrons. The van der Waals surface area contributed by atoms with Gasteiger partial charge in [-0.15, -0.1) is 0 Å². The Labute approximate surface area is 105 Å². The van der Waals surface area contributed by atoms with Crippen molar-refractivity contribution in [2.24, 2.45) is 16.9 Å². The van der Waals surface area contributed by atoms with Crippen LogP contribution in [-0.2, 0) is 0 Å². The summed E-state index contributed by atoms with van der Waals surface area (Å²) in [5.74, 6) is 1.05. The van der Waals surface area contributed by atoms with Gasteiger partial charge >= 0.3 is 0 Å². The number of hydrogen-bond acceptors (Lipinski definition) is 3. The molecule has 2 aliphatic rings. The lowest BCUT2D eigenvalue weighted by atomic mass is 9.74. The number of nitrogens with zero attached hydrogens (tertiary/aromatic N) is 1. The van der Waals surface area contributed by atoms with Crippen LogP contribution in [0.5, 0.6) is 5.75 Å². The van der Waals surface area contributed by atoms with E-state index in [1.807, 2.05) is 0 Å². The van der Waals surface area contributed by atoms with Crippen LogP contribution in [0.3, 0.4) is 0 Å². The van der Waals surface area contributed by atoms with Crippen molar-refractivity contribution in [2.45, 2.75) is 12.8 Å². The predicted octanol–water partition coefficient (Wildman–Crippen LogP) is 2.07. The van der Waals surface area contributed by atoms with Crippen molar-refractivity contribution in [3.8, 4) is 5.75 Å². The molecule has 0 aliphatic heterocycles. The minimum Gasteiger partial charge on any atom is -0.508 e. The molecule has 2 atom stereocenters. The van der Waals surface area contributed by atoms with Crippen LogP contribution >= 0.6 is 0 Å². The van der Waals surface area contributed by atoms with Crippen LogP contribution in [0.15, 0.2) is 41.5 Å². The molecule has 2 aliphatic carbocycles. The van der Waals surface area contributed by atoms with Gasteiger partial charge in [0.2, 0.25) is 0 Å². The highest BCUT2D eigenvalue weighted by molar-refractivity contribution is 5.98. The molecule has 1 fully saturated rings. The van der Waals surface area contributed by atoms with E-state index in [-0.39, 0.29) is 11.7 Å². The van der Waals surface area contributed by atoms with E-state index in [1.54, 1.807) is 12.1 Å². The van der Waals surface area contributed by atoms with Gasteiger partial charge in [-0.1, -0.05) is 12.2 Å². The Morgan fingerprint density at radius 2 is 2.11 bits per heavy atom. The summed E-state index contributed by atoms with van der Waals surface area (Å²) in [6.07, 6.45) is 6.40. The van der Waals surface area contributed by atoms with Gasteiger partial charge in [-0.2, -0.15) is 5.10 Å². The summed E-state index contributed by atoms with van der Waals surface area (Å²) in [6.45, 7) is 0. The van der Waals surface area contributed by atoms with Gasteiger partial charge < -0.3 is 5.11 Å². The highest BCUT2D eigenvalue weighted by Crippen LogP contribution is 2.40. The minimum atomic E-state index is -0.239. The zero-order chi connectivity index (χ0) is 12.5. The van der Waals surface area contributed by atoms with Gasteiger partial charge in [-0.3, -0.25) is 4.79 Å². The van der Waals surface area contributed by atoms with Gasteiger partial charge in [-0.05, 0) is 43.0 Å². The molecule has 3 rings (SSSR count). The number of hydrazone groups is 1. The molecule has 2 N–H and O–H groups in total. The van der Waals surface area contributed by atoms with Crippen LogP contribution < -0.4 is 5.43 Å². The van der Waals surface area contributed by atoms with Crippen molar-refractivity contribution in [1.29, 1.82) is 0 Å². The second kappa shape index (κ2) is 4.29. The number of carbonyl (C=O) groups excluding carboxylic acids is 1. The smallest absolute Gasteiger partial charge is 0.271 e. The molecule has 0 heterocycles. The van der Waals surface area contributed by atoms with Crippen molar-refractivity contribution in [2.75, 3.05) is 0 Å². The van der Waals surface area contributed by atoms with Crippen LogP contribution in [-0.4, -0.2) is 16.7 Å². The SMILES string of the molecule is O=C(N/N=C1\CC2C=CCC12)c1ccc(O)cc1. The van der Waals surface area contributed by atoms with E-state index in [1.165, 1.54) is 12.1 Å². The molecule has 0 spiro atoms. The zero-order valence-corrected chi connectivity index (χ0v) is 9.84. The van der Waals surface area contributed by atoms with Gasteiger partial charge in [0.15, 0.2) is 0 Å². The number of benzene rings is 1. The summed E-state index contributed by atoms with van der Waals surface area (Å²) in [7, 11) is 0. The molecule has 1 aromatic rings. The van der Waals surface area contributed by atoms with Crippen molar-refractivity contribution in [3.63, 3.8) is 0 Å². The quantitative estimate of drug-likeness (QED) is 0.616. The number of phenols is 1. The van der Waals surface area contributed by atoms with E-state index < -0.39 is 0 Å². The normalized spacial score (nSPS) is 26.8. The van der Waals surface area contributed by atoms with Crippen molar-refractivity contribution >= 4 is 11.6 Å². The van der Waals surface area contributed by atoms with Crippen LogP contribution in [0.25, 0.3) is 0 Å². The molecular weight excluding hydrogens is 228 g/mol. The first kappa shape index (κ1) is 11.0. The average Bonchev–Trinajstić information content (AvgIpc) is 2.72. The van der Waals surface area contributed by atoms with Crippen LogP contribution in [0.1, 0.15) is 23.2 Å². The van der Waals surface area contributed by atoms with E-state index in [2.05, 4.69) is 22.7 Å². The highest BCUT2D eigenvalue weighted by atomic mass is 16.3. The van der Waals surface area contributed by atoms with Crippen molar-refractivity contribution < 1.29 is 9.90 Å². The third kappa shape index (κ3) is 1.90. The number of hydrogen-bond donors (Lipinski definition) is 2. The first-order valence-electron chi connectivity index (χ1n) is 6.06. The number of nitrogens with one attached hydrogen (secondary N) is 1. The molecular formula is C14H14N2O2. The number of phenolic OH excluding ortho intramolecular Hbond substituents is 1. The topological polar surface area (TPSA) is 61.7 Å². The standard InChI is InChI=1S/C14H14N2O2/c17-11-6-4-9(5-7-11)14(18)16-15-13-8-10-2-1-3-12(10)13/h1-2,4-7,10,12,17H,3,8H2,(H,16,18)/b15-13+. The molecule has 18 heavy (non-hydrogen) atoms. The molecule has 4 heteroatoms. The molecule has 0 aromatic heterocycles. The summed E-state index contributed by atoms with van der Waals surface area (Å²) < 4.78 is 0. The maximum absolute atomic E-state index is 11.8. The molecule has 2 unspecified atom stereocenters. The fourth-order valence-electron chi connectivity index (χ4n) is 2.46. The second-order valence-electron chi connectivity index (χ2n) is 4.73. The van der Waals surface area contributed by atoms with Gasteiger partial charge in [0.05, 0.1) is 0 Å². The Bertz CT molecular complexity index is 531. The van der Waals surface area contributed by atoms with Crippen LogP contribution in [0.4, 0.5) is 0 Å². The van der Waals surface area contributed by atoms with E-state index >= 15 is 0 Å². The summed E-state index contributed by atoms with van der Waals surface area (Å²) in [5.41, 5.74) is 4.15. The minimum absolute atomic E-state index is 0.150. The van der Waals surface area contributed by atoms with Gasteiger partial charge in [0.25, 0.3) is 5.91 Å². The molecule has 0 saturated heterocycles. The number of aromatic hydroxyl groups is 1. The van der Waals surface area contributed by atoms with Crippen LogP contribution in [0, 0.1) is 11.8 Å². The largest absolute Gasteiger partial charge is 0.508 e. The van der Waals surface area contributed by atoms with Gasteiger partial charge in [0, 0.05) is 17.2 Å².